The Bertz CT molecular complexity index is 345. The first-order valence-electron chi connectivity index (χ1n) is 3.12. The number of hydrogen-bond donors (Lipinski definition) is 0. The largest absolute Gasteiger partial charge is 0.224 e. The Morgan fingerprint density at radius 3 is 1.85 bits per heavy atom. The summed E-state index contributed by atoms with van der Waals surface area (Å²) in [5.41, 5.74) is 0.817. The maximum absolute atomic E-state index is 10.9. The third kappa shape index (κ3) is 4.79. The molecule has 0 heterocycles. The molecular weight excluding hydrogens is 305 g/mol. The minimum absolute atomic E-state index is 0. The van der Waals surface area contributed by atoms with Crippen LogP contribution in [0, 0.1) is 6.92 Å². The zero-order chi connectivity index (χ0) is 8.48. The second kappa shape index (κ2) is 5.79. The van der Waals surface area contributed by atoms with Crippen molar-refractivity contribution >= 4 is 26.8 Å². The van der Waals surface area contributed by atoms with Gasteiger partial charge >= 0.3 is 0 Å². The second-order valence-electron chi connectivity index (χ2n) is 2.42. The Hall–Kier alpha value is 0.143. The molecule has 0 aliphatic heterocycles. The Balaban J connectivity index is 0. The van der Waals surface area contributed by atoms with E-state index in [1.807, 2.05) is 0 Å². The predicted octanol–water partition coefficient (Wildman–Crippen LogP) is 1.85. The van der Waals surface area contributed by atoms with Gasteiger partial charge in [0.15, 0.2) is 9.84 Å². The summed E-state index contributed by atoms with van der Waals surface area (Å²) in [6.45, 7) is 3.65. The molecule has 0 atom stereocenters. The van der Waals surface area contributed by atoms with Gasteiger partial charge in [-0.3, -0.25) is 0 Å². The van der Waals surface area contributed by atoms with Gasteiger partial charge in [0.25, 0.3) is 0 Å². The monoisotopic (exact) mass is 313 g/mol. The fourth-order valence-corrected chi connectivity index (χ4v) is 1.37. The van der Waals surface area contributed by atoms with E-state index in [1.54, 1.807) is 24.3 Å². The maximum Gasteiger partial charge on any atom is 0.173 e. The van der Waals surface area contributed by atoms with Crippen LogP contribution in [-0.2, 0) is 29.3 Å². The Labute approximate surface area is 102 Å². The zero-order valence-corrected chi connectivity index (χ0v) is 12.9. The third-order valence-corrected chi connectivity index (χ3v) is 2.48. The first-order valence-corrected chi connectivity index (χ1v) is 5.01. The summed E-state index contributed by atoms with van der Waals surface area (Å²) in [4.78, 5) is 0.338. The van der Waals surface area contributed by atoms with Gasteiger partial charge in [0, 0.05) is 30.6 Å². The summed E-state index contributed by atoms with van der Waals surface area (Å²) in [6, 6.07) is 6.46. The van der Waals surface area contributed by atoms with Crippen LogP contribution in [0.5, 0.6) is 0 Å². The summed E-state index contributed by atoms with van der Waals surface area (Å²) in [6.07, 6.45) is 1.19. The van der Waals surface area contributed by atoms with Crippen LogP contribution in [0.15, 0.2) is 29.2 Å². The molecule has 1 aromatic rings. The summed E-state index contributed by atoms with van der Waals surface area (Å²) in [5.74, 6) is 0. The van der Waals surface area contributed by atoms with Crippen molar-refractivity contribution in [2.45, 2.75) is 4.90 Å². The van der Waals surface area contributed by atoms with Gasteiger partial charge in [-0.15, -0.1) is 17.0 Å². The smallest absolute Gasteiger partial charge is 0.173 e. The van der Waals surface area contributed by atoms with E-state index in [2.05, 4.69) is 6.92 Å². The van der Waals surface area contributed by atoms with E-state index in [0.717, 1.165) is 5.56 Å². The van der Waals surface area contributed by atoms with Crippen LogP contribution in [0.4, 0.5) is 0 Å². The van der Waals surface area contributed by atoms with Crippen molar-refractivity contribution in [1.29, 1.82) is 0 Å². The summed E-state index contributed by atoms with van der Waals surface area (Å²) in [5, 5.41) is 0. The standard InChI is InChI=1S/C8H9O2S.BrH.Zn/c1-7-3-5-8(6-4-7)11(2,9)10;;/h3-6H,1H2,2H3;1H;/q-1;;. The van der Waals surface area contributed by atoms with Crippen LogP contribution in [0.2, 0.25) is 0 Å². The molecule has 0 aliphatic carbocycles. The molecule has 1 aromatic carbocycles. The van der Waals surface area contributed by atoms with Crippen molar-refractivity contribution in [2.24, 2.45) is 0 Å². The van der Waals surface area contributed by atoms with E-state index in [1.165, 1.54) is 6.26 Å². The molecule has 70 valence electrons. The van der Waals surface area contributed by atoms with Gasteiger partial charge in [0.2, 0.25) is 0 Å². The van der Waals surface area contributed by atoms with Gasteiger partial charge in [0.1, 0.15) is 0 Å². The van der Waals surface area contributed by atoms with Crippen molar-refractivity contribution in [3.05, 3.63) is 36.8 Å². The third-order valence-electron chi connectivity index (χ3n) is 1.35. The molecule has 0 saturated carbocycles. The number of rotatable bonds is 1. The first-order chi connectivity index (χ1) is 5.00. The molecule has 0 aromatic heterocycles. The average molecular weight is 316 g/mol. The fourth-order valence-electron chi connectivity index (χ4n) is 0.737. The minimum Gasteiger partial charge on any atom is -0.224 e. The first kappa shape index (κ1) is 15.6. The molecular formula is C8H10BrO2SZn-. The average Bonchev–Trinajstić information content (AvgIpc) is 1.86. The molecule has 0 aliphatic rings. The molecule has 0 unspecified atom stereocenters. The van der Waals surface area contributed by atoms with Crippen molar-refractivity contribution in [3.8, 4) is 0 Å². The quantitative estimate of drug-likeness (QED) is 0.585. The SMILES string of the molecule is Br.[CH2-]c1ccc(S(C)(=O)=O)cc1.[Zn]. The molecule has 1 rings (SSSR count). The van der Waals surface area contributed by atoms with Crippen LogP contribution in [-0.4, -0.2) is 14.7 Å². The van der Waals surface area contributed by atoms with Crippen molar-refractivity contribution in [1.82, 2.24) is 0 Å². The number of halogens is 1. The van der Waals surface area contributed by atoms with E-state index >= 15 is 0 Å². The van der Waals surface area contributed by atoms with E-state index < -0.39 is 9.84 Å². The van der Waals surface area contributed by atoms with Crippen molar-refractivity contribution < 1.29 is 27.9 Å². The van der Waals surface area contributed by atoms with Gasteiger partial charge in [-0.1, -0.05) is 12.1 Å². The summed E-state index contributed by atoms with van der Waals surface area (Å²) in [7, 11) is -3.05. The summed E-state index contributed by atoms with van der Waals surface area (Å²) < 4.78 is 21.8. The Morgan fingerprint density at radius 1 is 1.15 bits per heavy atom. The molecule has 2 nitrogen and oxygen atoms in total. The molecule has 5 heteroatoms. The fraction of sp³-hybridized carbons (Fsp3) is 0.125. The van der Waals surface area contributed by atoms with E-state index in [4.69, 9.17) is 0 Å². The molecule has 0 radical (unpaired) electrons. The number of benzene rings is 1. The van der Waals surface area contributed by atoms with Gasteiger partial charge < -0.3 is 0 Å². The zero-order valence-electron chi connectivity index (χ0n) is 7.36. The Morgan fingerprint density at radius 2 is 1.54 bits per heavy atom. The molecule has 0 fully saturated rings. The van der Waals surface area contributed by atoms with E-state index in [-0.39, 0.29) is 36.5 Å². The molecule has 0 N–H and O–H groups in total. The summed E-state index contributed by atoms with van der Waals surface area (Å²) >= 11 is 0. The maximum atomic E-state index is 10.9. The van der Waals surface area contributed by atoms with Gasteiger partial charge in [-0.2, -0.15) is 24.6 Å². The molecule has 13 heavy (non-hydrogen) atoms. The minimum atomic E-state index is -3.05. The molecule has 0 amide bonds. The molecule has 0 bridgehead atoms. The normalized spacial score (nSPS) is 9.62. The Kier molecular flexibility index (Phi) is 6.95. The predicted molar refractivity (Wildman–Crippen MR) is 54.3 cm³/mol. The van der Waals surface area contributed by atoms with Gasteiger partial charge in [-0.05, 0) is 0 Å². The molecule has 0 spiro atoms. The van der Waals surface area contributed by atoms with Crippen LogP contribution >= 0.6 is 17.0 Å². The number of sulfone groups is 1. The molecule has 0 saturated heterocycles. The topological polar surface area (TPSA) is 34.1 Å². The van der Waals surface area contributed by atoms with Gasteiger partial charge in [-0.25, -0.2) is 8.42 Å². The second-order valence-corrected chi connectivity index (χ2v) is 4.43. The van der Waals surface area contributed by atoms with Crippen LogP contribution in [0.1, 0.15) is 5.56 Å². The number of hydrogen-bond acceptors (Lipinski definition) is 2. The van der Waals surface area contributed by atoms with Crippen LogP contribution in [0.25, 0.3) is 0 Å². The van der Waals surface area contributed by atoms with Crippen molar-refractivity contribution in [2.75, 3.05) is 6.26 Å². The van der Waals surface area contributed by atoms with Crippen molar-refractivity contribution in [3.63, 3.8) is 0 Å². The van der Waals surface area contributed by atoms with E-state index in [0.29, 0.717) is 4.90 Å². The van der Waals surface area contributed by atoms with E-state index in [9.17, 15) is 8.42 Å². The van der Waals surface area contributed by atoms with Crippen LogP contribution in [0.3, 0.4) is 0 Å². The van der Waals surface area contributed by atoms with Crippen LogP contribution < -0.4 is 0 Å². The van der Waals surface area contributed by atoms with Gasteiger partial charge in [0.05, 0.1) is 0 Å².